The van der Waals surface area contributed by atoms with Crippen LogP contribution in [0.5, 0.6) is 0 Å². The van der Waals surface area contributed by atoms with Gasteiger partial charge in [-0.2, -0.15) is 0 Å². The van der Waals surface area contributed by atoms with Crippen LogP contribution >= 0.6 is 43.2 Å². The molecule has 0 amide bonds. The van der Waals surface area contributed by atoms with Crippen molar-refractivity contribution in [2.75, 3.05) is 13.1 Å². The van der Waals surface area contributed by atoms with Crippen LogP contribution in [0.4, 0.5) is 0 Å². The molecule has 1 nitrogen and oxygen atoms in total. The summed E-state index contributed by atoms with van der Waals surface area (Å²) in [4.78, 5) is 1.30. The largest absolute Gasteiger partial charge is 0.313 e. The van der Waals surface area contributed by atoms with Crippen molar-refractivity contribution in [1.29, 1.82) is 0 Å². The third-order valence-corrected chi connectivity index (χ3v) is 5.69. The molecule has 0 aliphatic heterocycles. The first kappa shape index (κ1) is 15.4. The molecular weight excluding hydrogens is 362 g/mol. The van der Waals surface area contributed by atoms with Gasteiger partial charge in [-0.05, 0) is 62.9 Å². The predicted molar refractivity (Wildman–Crippen MR) is 85.7 cm³/mol. The van der Waals surface area contributed by atoms with Crippen LogP contribution in [0.25, 0.3) is 6.08 Å². The van der Waals surface area contributed by atoms with Gasteiger partial charge in [-0.25, -0.2) is 0 Å². The van der Waals surface area contributed by atoms with E-state index in [1.807, 2.05) is 0 Å². The molecule has 0 radical (unpaired) electrons. The van der Waals surface area contributed by atoms with Crippen molar-refractivity contribution in [2.45, 2.75) is 27.2 Å². The van der Waals surface area contributed by atoms with Gasteiger partial charge in [0.15, 0.2) is 0 Å². The number of thiophene rings is 1. The molecule has 0 aliphatic rings. The van der Waals surface area contributed by atoms with E-state index in [4.69, 9.17) is 0 Å². The van der Waals surface area contributed by atoms with Gasteiger partial charge >= 0.3 is 0 Å². The molecule has 0 aliphatic carbocycles. The Morgan fingerprint density at radius 2 is 2.18 bits per heavy atom. The van der Waals surface area contributed by atoms with Crippen molar-refractivity contribution in [3.8, 4) is 0 Å². The molecule has 0 fully saturated rings. The van der Waals surface area contributed by atoms with Crippen molar-refractivity contribution in [2.24, 2.45) is 5.92 Å². The fourth-order valence-electron chi connectivity index (χ4n) is 1.45. The lowest BCUT2D eigenvalue weighted by Crippen LogP contribution is -2.19. The molecule has 0 atom stereocenters. The van der Waals surface area contributed by atoms with Gasteiger partial charge in [0.1, 0.15) is 0 Å². The molecule has 17 heavy (non-hydrogen) atoms. The highest BCUT2D eigenvalue weighted by molar-refractivity contribution is 9.13. The lowest BCUT2D eigenvalue weighted by Gasteiger charge is -2.12. The molecule has 1 aromatic rings. The van der Waals surface area contributed by atoms with Gasteiger partial charge in [0.25, 0.3) is 0 Å². The minimum absolute atomic E-state index is 0.582. The molecule has 1 aromatic heterocycles. The molecule has 0 unspecified atom stereocenters. The van der Waals surface area contributed by atoms with Gasteiger partial charge in [-0.15, -0.1) is 11.3 Å². The van der Waals surface area contributed by atoms with Crippen molar-refractivity contribution in [3.63, 3.8) is 0 Å². The topological polar surface area (TPSA) is 12.0 Å². The Morgan fingerprint density at radius 3 is 2.65 bits per heavy atom. The molecule has 0 bridgehead atoms. The molecule has 1 heterocycles. The molecule has 0 spiro atoms. The van der Waals surface area contributed by atoms with E-state index in [1.54, 1.807) is 11.3 Å². The second-order valence-electron chi connectivity index (χ2n) is 4.32. The van der Waals surface area contributed by atoms with E-state index in [-0.39, 0.29) is 0 Å². The normalized spacial score (nSPS) is 12.5. The molecule has 1 rings (SSSR count). The first-order chi connectivity index (χ1) is 8.04. The highest BCUT2D eigenvalue weighted by atomic mass is 79.9. The summed E-state index contributed by atoms with van der Waals surface area (Å²) in [7, 11) is 0. The Labute approximate surface area is 125 Å². The number of halogens is 2. The van der Waals surface area contributed by atoms with Gasteiger partial charge in [0.05, 0.1) is 3.79 Å². The fourth-order valence-corrected chi connectivity index (χ4v) is 3.52. The summed E-state index contributed by atoms with van der Waals surface area (Å²) in [6.07, 6.45) is 3.48. The molecule has 96 valence electrons. The van der Waals surface area contributed by atoms with Crippen LogP contribution < -0.4 is 5.32 Å². The molecule has 0 aromatic carbocycles. The van der Waals surface area contributed by atoms with E-state index in [0.717, 1.165) is 21.3 Å². The minimum atomic E-state index is 0.582. The molecule has 0 saturated heterocycles. The summed E-state index contributed by atoms with van der Waals surface area (Å²) >= 11 is 8.82. The van der Waals surface area contributed by atoms with Crippen molar-refractivity contribution < 1.29 is 0 Å². The lowest BCUT2D eigenvalue weighted by atomic mass is 10.0. The molecule has 4 heteroatoms. The average molecular weight is 381 g/mol. The Hall–Kier alpha value is 0.360. The van der Waals surface area contributed by atoms with Gasteiger partial charge in [0.2, 0.25) is 0 Å². The van der Waals surface area contributed by atoms with Crippen LogP contribution in [0, 0.1) is 5.92 Å². The number of hydrogen-bond donors (Lipinski definition) is 1. The van der Waals surface area contributed by atoms with Crippen molar-refractivity contribution >= 4 is 49.3 Å². The summed E-state index contributed by atoms with van der Waals surface area (Å²) < 4.78 is 2.30. The summed E-state index contributed by atoms with van der Waals surface area (Å²) in [5.74, 6) is 0.582. The summed E-state index contributed by atoms with van der Waals surface area (Å²) in [6.45, 7) is 8.76. The smallest absolute Gasteiger partial charge is 0.0846 e. The zero-order chi connectivity index (χ0) is 12.8. The highest BCUT2D eigenvalue weighted by Gasteiger charge is 2.06. The SMILES string of the molecule is CCCNCC(=Cc1cc(Br)c(Br)s1)C(C)C. The van der Waals surface area contributed by atoms with Crippen LogP contribution in [0.3, 0.4) is 0 Å². The monoisotopic (exact) mass is 379 g/mol. The molecular formula is C13H19Br2NS. The van der Waals surface area contributed by atoms with E-state index in [2.05, 4.69) is 70.1 Å². The van der Waals surface area contributed by atoms with E-state index in [0.29, 0.717) is 5.92 Å². The second-order valence-corrected chi connectivity index (χ2v) is 7.58. The van der Waals surface area contributed by atoms with Gasteiger partial charge in [-0.3, -0.25) is 0 Å². The maximum Gasteiger partial charge on any atom is 0.0846 e. The van der Waals surface area contributed by atoms with Crippen LogP contribution in [0.15, 0.2) is 19.9 Å². The Balaban J connectivity index is 2.75. The van der Waals surface area contributed by atoms with E-state index >= 15 is 0 Å². The van der Waals surface area contributed by atoms with Gasteiger partial charge in [-0.1, -0.05) is 26.3 Å². The maximum atomic E-state index is 3.53. The van der Waals surface area contributed by atoms with Gasteiger partial charge in [0, 0.05) is 15.9 Å². The van der Waals surface area contributed by atoms with Crippen LogP contribution in [-0.4, -0.2) is 13.1 Å². The van der Waals surface area contributed by atoms with Crippen LogP contribution in [-0.2, 0) is 0 Å². The summed E-state index contributed by atoms with van der Waals surface area (Å²) in [5.41, 5.74) is 1.46. The third-order valence-electron chi connectivity index (χ3n) is 2.49. The standard InChI is InChI=1S/C13H19Br2NS/c1-4-5-16-8-10(9(2)3)6-11-7-12(14)13(15)17-11/h6-7,9,16H,4-5,8H2,1-3H3. The fraction of sp³-hybridized carbons (Fsp3) is 0.538. The third kappa shape index (κ3) is 5.25. The van der Waals surface area contributed by atoms with Crippen molar-refractivity contribution in [1.82, 2.24) is 5.32 Å². The molecule has 1 N–H and O–H groups in total. The highest BCUT2D eigenvalue weighted by Crippen LogP contribution is 2.33. The van der Waals surface area contributed by atoms with E-state index in [9.17, 15) is 0 Å². The van der Waals surface area contributed by atoms with Crippen molar-refractivity contribution in [3.05, 3.63) is 24.8 Å². The Morgan fingerprint density at radius 1 is 1.47 bits per heavy atom. The van der Waals surface area contributed by atoms with Gasteiger partial charge < -0.3 is 5.32 Å². The number of hydrogen-bond acceptors (Lipinski definition) is 2. The lowest BCUT2D eigenvalue weighted by molar-refractivity contribution is 0.657. The quantitative estimate of drug-likeness (QED) is 0.659. The Kier molecular flexibility index (Phi) is 7.00. The Bertz CT molecular complexity index is 363. The zero-order valence-corrected chi connectivity index (χ0v) is 14.5. The second kappa shape index (κ2) is 7.72. The first-order valence-electron chi connectivity index (χ1n) is 5.90. The number of nitrogens with one attached hydrogen (secondary N) is 1. The van der Waals surface area contributed by atoms with E-state index in [1.165, 1.54) is 16.9 Å². The minimum Gasteiger partial charge on any atom is -0.313 e. The summed E-state index contributed by atoms with van der Waals surface area (Å²) in [5, 5.41) is 3.47. The first-order valence-corrected chi connectivity index (χ1v) is 8.30. The summed E-state index contributed by atoms with van der Waals surface area (Å²) in [6, 6.07) is 2.16. The molecule has 0 saturated carbocycles. The average Bonchev–Trinajstić information content (AvgIpc) is 2.57. The predicted octanol–water partition coefficient (Wildman–Crippen LogP) is 5.31. The number of rotatable bonds is 6. The van der Waals surface area contributed by atoms with Crippen LogP contribution in [0.2, 0.25) is 0 Å². The van der Waals surface area contributed by atoms with Crippen LogP contribution in [0.1, 0.15) is 32.1 Å². The zero-order valence-electron chi connectivity index (χ0n) is 10.5. The maximum absolute atomic E-state index is 3.53. The van der Waals surface area contributed by atoms with E-state index < -0.39 is 0 Å².